The molecule has 1 amide bonds. The smallest absolute Gasteiger partial charge is 0.227 e. The minimum atomic E-state index is -0.955. The van der Waals surface area contributed by atoms with Crippen LogP contribution in [0.5, 0.6) is 0 Å². The molecular weight excluding hydrogens is 314 g/mol. The van der Waals surface area contributed by atoms with Crippen LogP contribution in [0, 0.1) is 18.6 Å². The van der Waals surface area contributed by atoms with Gasteiger partial charge in [-0.15, -0.1) is 0 Å². The first-order chi connectivity index (χ1) is 11.4. The summed E-state index contributed by atoms with van der Waals surface area (Å²) in [5, 5.41) is 9.93. The molecule has 1 aromatic carbocycles. The standard InChI is InChI=1S/C18H18F2N2O2/c1-11-2-3-12(9-21-11)6-18(24)22-10-14(23)8-17(22)13-4-5-15(19)16(20)7-13/h2-5,7,9,14,17,23H,6,8,10H2,1H3/t14-,17-/m0/s1. The monoisotopic (exact) mass is 332 g/mol. The number of halogens is 2. The number of aliphatic hydroxyl groups excluding tert-OH is 1. The Kier molecular flexibility index (Phi) is 4.57. The van der Waals surface area contributed by atoms with Crippen LogP contribution < -0.4 is 0 Å². The number of carbonyl (C=O) groups is 1. The summed E-state index contributed by atoms with van der Waals surface area (Å²) in [5.41, 5.74) is 2.12. The van der Waals surface area contributed by atoms with Crippen LogP contribution in [0.1, 0.15) is 29.3 Å². The highest BCUT2D eigenvalue weighted by atomic mass is 19.2. The van der Waals surface area contributed by atoms with Crippen LogP contribution in [0.2, 0.25) is 0 Å². The summed E-state index contributed by atoms with van der Waals surface area (Å²) in [6.07, 6.45) is 1.43. The molecule has 3 rings (SSSR count). The predicted molar refractivity (Wildman–Crippen MR) is 84.1 cm³/mol. The van der Waals surface area contributed by atoms with Gasteiger partial charge in [-0.25, -0.2) is 8.78 Å². The molecule has 2 aromatic rings. The Hall–Kier alpha value is -2.34. The van der Waals surface area contributed by atoms with Crippen LogP contribution >= 0.6 is 0 Å². The Labute approximate surface area is 138 Å². The lowest BCUT2D eigenvalue weighted by molar-refractivity contribution is -0.131. The first kappa shape index (κ1) is 16.5. The summed E-state index contributed by atoms with van der Waals surface area (Å²) >= 11 is 0. The number of nitrogens with zero attached hydrogens (tertiary/aromatic N) is 2. The predicted octanol–water partition coefficient (Wildman–Crippen LogP) is 2.55. The van der Waals surface area contributed by atoms with E-state index in [4.69, 9.17) is 0 Å². The zero-order chi connectivity index (χ0) is 17.3. The second-order valence-electron chi connectivity index (χ2n) is 6.11. The molecule has 1 aromatic heterocycles. The number of hydrogen-bond donors (Lipinski definition) is 1. The van der Waals surface area contributed by atoms with Crippen molar-refractivity contribution in [3.8, 4) is 0 Å². The van der Waals surface area contributed by atoms with Gasteiger partial charge in [0.1, 0.15) is 0 Å². The number of rotatable bonds is 3. The second-order valence-corrected chi connectivity index (χ2v) is 6.11. The van der Waals surface area contributed by atoms with E-state index in [0.29, 0.717) is 12.0 Å². The van der Waals surface area contributed by atoms with Gasteiger partial charge in [0.05, 0.1) is 18.6 Å². The maximum atomic E-state index is 13.5. The molecule has 1 aliphatic heterocycles. The number of β-amino-alcohol motifs (C(OH)–C–C–N with tert-alkyl or cyclic N) is 1. The van der Waals surface area contributed by atoms with Crippen LogP contribution in [0.4, 0.5) is 8.78 Å². The Morgan fingerprint density at radius 1 is 1.29 bits per heavy atom. The molecule has 0 spiro atoms. The molecule has 2 heterocycles. The van der Waals surface area contributed by atoms with E-state index < -0.39 is 23.8 Å². The molecule has 0 unspecified atom stereocenters. The molecule has 1 N–H and O–H groups in total. The highest BCUT2D eigenvalue weighted by Gasteiger charge is 2.35. The molecule has 6 heteroatoms. The fraction of sp³-hybridized carbons (Fsp3) is 0.333. The van der Waals surface area contributed by atoms with E-state index in [1.165, 1.54) is 11.0 Å². The molecule has 0 aliphatic carbocycles. The third-order valence-corrected chi connectivity index (χ3v) is 4.26. The maximum absolute atomic E-state index is 13.5. The van der Waals surface area contributed by atoms with Crippen molar-refractivity contribution in [2.24, 2.45) is 0 Å². The largest absolute Gasteiger partial charge is 0.391 e. The lowest BCUT2D eigenvalue weighted by atomic mass is 10.0. The van der Waals surface area contributed by atoms with Crippen molar-refractivity contribution >= 4 is 5.91 Å². The van der Waals surface area contributed by atoms with Crippen LogP contribution in [0.15, 0.2) is 36.5 Å². The number of aryl methyl sites for hydroxylation is 1. The third-order valence-electron chi connectivity index (χ3n) is 4.26. The summed E-state index contributed by atoms with van der Waals surface area (Å²) in [7, 11) is 0. The van der Waals surface area contributed by atoms with E-state index in [1.807, 2.05) is 19.1 Å². The number of aromatic nitrogens is 1. The molecule has 1 saturated heterocycles. The summed E-state index contributed by atoms with van der Waals surface area (Å²) < 4.78 is 26.6. The van der Waals surface area contributed by atoms with Crippen LogP contribution in [0.25, 0.3) is 0 Å². The zero-order valence-corrected chi connectivity index (χ0v) is 13.2. The van der Waals surface area contributed by atoms with Crippen LogP contribution in [0.3, 0.4) is 0 Å². The van der Waals surface area contributed by atoms with Gasteiger partial charge in [-0.1, -0.05) is 12.1 Å². The number of pyridine rings is 1. The topological polar surface area (TPSA) is 53.4 Å². The van der Waals surface area contributed by atoms with E-state index >= 15 is 0 Å². The number of amides is 1. The first-order valence-corrected chi connectivity index (χ1v) is 7.78. The maximum Gasteiger partial charge on any atom is 0.227 e. The van der Waals surface area contributed by atoms with Gasteiger partial charge >= 0.3 is 0 Å². The number of aliphatic hydroxyl groups is 1. The fourth-order valence-corrected chi connectivity index (χ4v) is 3.00. The van der Waals surface area contributed by atoms with Crippen molar-refractivity contribution in [1.29, 1.82) is 0 Å². The minimum absolute atomic E-state index is 0.153. The number of carbonyl (C=O) groups excluding carboxylic acids is 1. The number of benzene rings is 1. The second kappa shape index (κ2) is 6.65. The molecular formula is C18H18F2N2O2. The van der Waals surface area contributed by atoms with Gasteiger partial charge in [-0.3, -0.25) is 9.78 Å². The zero-order valence-electron chi connectivity index (χ0n) is 13.2. The number of hydrogen-bond acceptors (Lipinski definition) is 3. The van der Waals surface area contributed by atoms with E-state index in [1.54, 1.807) is 6.20 Å². The van der Waals surface area contributed by atoms with Gasteiger partial charge in [0.2, 0.25) is 5.91 Å². The van der Waals surface area contributed by atoms with Crippen molar-refractivity contribution in [3.05, 3.63) is 65.0 Å². The molecule has 0 bridgehead atoms. The highest BCUT2D eigenvalue weighted by molar-refractivity contribution is 5.79. The van der Waals surface area contributed by atoms with Crippen molar-refractivity contribution in [2.75, 3.05) is 6.54 Å². The van der Waals surface area contributed by atoms with E-state index in [-0.39, 0.29) is 18.9 Å². The molecule has 4 nitrogen and oxygen atoms in total. The van der Waals surface area contributed by atoms with Crippen molar-refractivity contribution in [3.63, 3.8) is 0 Å². The lowest BCUT2D eigenvalue weighted by Crippen LogP contribution is -2.33. The Morgan fingerprint density at radius 3 is 2.75 bits per heavy atom. The van der Waals surface area contributed by atoms with Gasteiger partial charge in [-0.05, 0) is 42.7 Å². The van der Waals surface area contributed by atoms with Gasteiger partial charge in [0.25, 0.3) is 0 Å². The molecule has 24 heavy (non-hydrogen) atoms. The van der Waals surface area contributed by atoms with Gasteiger partial charge in [0.15, 0.2) is 11.6 Å². The minimum Gasteiger partial charge on any atom is -0.391 e. The number of likely N-dealkylation sites (tertiary alicyclic amines) is 1. The van der Waals surface area contributed by atoms with Gasteiger partial charge in [0, 0.05) is 18.4 Å². The Bertz CT molecular complexity index is 749. The average molecular weight is 332 g/mol. The lowest BCUT2D eigenvalue weighted by Gasteiger charge is -2.25. The van der Waals surface area contributed by atoms with E-state index in [2.05, 4.69) is 4.98 Å². The highest BCUT2D eigenvalue weighted by Crippen LogP contribution is 2.33. The fourth-order valence-electron chi connectivity index (χ4n) is 3.00. The molecule has 0 radical (unpaired) electrons. The quantitative estimate of drug-likeness (QED) is 0.940. The van der Waals surface area contributed by atoms with Crippen molar-refractivity contribution in [1.82, 2.24) is 9.88 Å². The first-order valence-electron chi connectivity index (χ1n) is 7.78. The summed E-state index contributed by atoms with van der Waals surface area (Å²) in [5.74, 6) is -2.06. The summed E-state index contributed by atoms with van der Waals surface area (Å²) in [6.45, 7) is 2.04. The van der Waals surface area contributed by atoms with Crippen LogP contribution in [-0.2, 0) is 11.2 Å². The summed E-state index contributed by atoms with van der Waals surface area (Å²) in [4.78, 5) is 18.3. The van der Waals surface area contributed by atoms with Crippen molar-refractivity contribution < 1.29 is 18.7 Å². The molecule has 126 valence electrons. The molecule has 1 aliphatic rings. The van der Waals surface area contributed by atoms with Gasteiger partial charge < -0.3 is 10.0 Å². The van der Waals surface area contributed by atoms with Gasteiger partial charge in [-0.2, -0.15) is 0 Å². The normalized spacial score (nSPS) is 20.4. The molecule has 1 fully saturated rings. The SMILES string of the molecule is Cc1ccc(CC(=O)N2C[C@@H](O)C[C@H]2c2ccc(F)c(F)c2)cn1. The Balaban J connectivity index is 1.80. The van der Waals surface area contributed by atoms with Crippen LogP contribution in [-0.4, -0.2) is 33.5 Å². The molecule has 0 saturated carbocycles. The van der Waals surface area contributed by atoms with E-state index in [9.17, 15) is 18.7 Å². The summed E-state index contributed by atoms with van der Waals surface area (Å²) in [6, 6.07) is 6.79. The van der Waals surface area contributed by atoms with E-state index in [0.717, 1.165) is 23.4 Å². The molecule has 2 atom stereocenters. The third kappa shape index (κ3) is 3.43. The average Bonchev–Trinajstić information content (AvgIpc) is 2.94. The Morgan fingerprint density at radius 2 is 2.08 bits per heavy atom. The van der Waals surface area contributed by atoms with Crippen molar-refractivity contribution in [2.45, 2.75) is 31.9 Å².